The standard InChI is InChI=1S/C15H18Cl2N4O2/c1-9(22)14-8-21(19-18-14)11-6-20(7-11)5-10-3-13(17)15(23-2)4-12(10)16/h3-4,8-9,11,22H,5-7H2,1-2H3. The monoisotopic (exact) mass is 356 g/mol. The number of methoxy groups -OCH3 is 1. The maximum atomic E-state index is 9.49. The van der Waals surface area contributed by atoms with Crippen molar-refractivity contribution in [2.24, 2.45) is 0 Å². The molecule has 0 bridgehead atoms. The molecule has 2 aromatic rings. The number of nitrogens with zero attached hydrogens (tertiary/aromatic N) is 4. The highest BCUT2D eigenvalue weighted by Crippen LogP contribution is 2.33. The molecule has 8 heteroatoms. The van der Waals surface area contributed by atoms with Crippen LogP contribution in [0.4, 0.5) is 0 Å². The number of halogens is 2. The van der Waals surface area contributed by atoms with Crippen LogP contribution in [0.3, 0.4) is 0 Å². The van der Waals surface area contributed by atoms with Crippen LogP contribution in [0.2, 0.25) is 10.0 Å². The highest BCUT2D eigenvalue weighted by Gasteiger charge is 2.30. The van der Waals surface area contributed by atoms with Gasteiger partial charge in [0, 0.05) is 30.7 Å². The van der Waals surface area contributed by atoms with Crippen molar-refractivity contribution in [2.75, 3.05) is 20.2 Å². The third kappa shape index (κ3) is 3.45. The Kier molecular flexibility index (Phi) is 4.77. The van der Waals surface area contributed by atoms with Gasteiger partial charge in [-0.05, 0) is 18.6 Å². The summed E-state index contributed by atoms with van der Waals surface area (Å²) in [5.74, 6) is 0.579. The van der Waals surface area contributed by atoms with E-state index in [1.54, 1.807) is 31.0 Å². The zero-order chi connectivity index (χ0) is 16.6. The first kappa shape index (κ1) is 16.5. The van der Waals surface area contributed by atoms with Crippen LogP contribution in [0.15, 0.2) is 18.3 Å². The van der Waals surface area contributed by atoms with Gasteiger partial charge in [0.1, 0.15) is 11.4 Å². The lowest BCUT2D eigenvalue weighted by atomic mass is 10.1. The average molecular weight is 357 g/mol. The summed E-state index contributed by atoms with van der Waals surface area (Å²) in [6.07, 6.45) is 1.20. The summed E-state index contributed by atoms with van der Waals surface area (Å²) in [6, 6.07) is 3.85. The molecule has 1 aromatic carbocycles. The zero-order valence-electron chi connectivity index (χ0n) is 12.9. The predicted molar refractivity (Wildman–Crippen MR) is 88.0 cm³/mol. The van der Waals surface area contributed by atoms with Crippen molar-refractivity contribution in [3.05, 3.63) is 39.6 Å². The van der Waals surface area contributed by atoms with Crippen LogP contribution in [-0.4, -0.2) is 45.2 Å². The molecule has 124 valence electrons. The fourth-order valence-electron chi connectivity index (χ4n) is 2.59. The highest BCUT2D eigenvalue weighted by atomic mass is 35.5. The van der Waals surface area contributed by atoms with Gasteiger partial charge in [0.2, 0.25) is 0 Å². The van der Waals surface area contributed by atoms with Crippen molar-refractivity contribution in [3.8, 4) is 5.75 Å². The molecule has 1 atom stereocenters. The Hall–Kier alpha value is -1.34. The van der Waals surface area contributed by atoms with Crippen molar-refractivity contribution < 1.29 is 9.84 Å². The predicted octanol–water partition coefficient (Wildman–Crippen LogP) is 2.70. The molecule has 0 aliphatic carbocycles. The smallest absolute Gasteiger partial charge is 0.138 e. The van der Waals surface area contributed by atoms with E-state index < -0.39 is 6.10 Å². The fourth-order valence-corrected chi connectivity index (χ4v) is 3.06. The van der Waals surface area contributed by atoms with E-state index in [1.807, 2.05) is 6.07 Å². The molecule has 2 heterocycles. The van der Waals surface area contributed by atoms with Crippen LogP contribution >= 0.6 is 23.2 Å². The molecule has 1 aliphatic heterocycles. The second-order valence-electron chi connectivity index (χ2n) is 5.73. The van der Waals surface area contributed by atoms with E-state index in [0.717, 1.165) is 25.2 Å². The van der Waals surface area contributed by atoms with Crippen LogP contribution in [0, 0.1) is 0 Å². The van der Waals surface area contributed by atoms with E-state index in [9.17, 15) is 5.11 Å². The van der Waals surface area contributed by atoms with Gasteiger partial charge < -0.3 is 9.84 Å². The van der Waals surface area contributed by atoms with Crippen LogP contribution in [0.1, 0.15) is 30.3 Å². The molecular weight excluding hydrogens is 339 g/mol. The van der Waals surface area contributed by atoms with Crippen LogP contribution in [0.25, 0.3) is 0 Å². The molecule has 23 heavy (non-hydrogen) atoms. The Labute approximate surface area is 144 Å². The van der Waals surface area contributed by atoms with Crippen molar-refractivity contribution in [2.45, 2.75) is 25.6 Å². The maximum Gasteiger partial charge on any atom is 0.138 e. The second kappa shape index (κ2) is 6.65. The van der Waals surface area contributed by atoms with Gasteiger partial charge in [-0.15, -0.1) is 5.10 Å². The molecule has 1 aromatic heterocycles. The number of aliphatic hydroxyl groups excluding tert-OH is 1. The van der Waals surface area contributed by atoms with Crippen LogP contribution in [0.5, 0.6) is 5.75 Å². The van der Waals surface area contributed by atoms with Gasteiger partial charge in [-0.25, -0.2) is 4.68 Å². The van der Waals surface area contributed by atoms with Crippen molar-refractivity contribution in [1.29, 1.82) is 0 Å². The SMILES string of the molecule is COc1cc(Cl)c(CN2CC(n3cc(C(C)O)nn3)C2)cc1Cl. The first-order chi connectivity index (χ1) is 11.0. The molecule has 1 aliphatic rings. The number of rotatable bonds is 5. The number of ether oxygens (including phenoxy) is 1. The van der Waals surface area contributed by atoms with Gasteiger partial charge >= 0.3 is 0 Å². The molecule has 3 rings (SSSR count). The fraction of sp³-hybridized carbons (Fsp3) is 0.467. The molecular formula is C15H18Cl2N4O2. The molecule has 0 amide bonds. The van der Waals surface area contributed by atoms with E-state index >= 15 is 0 Å². The lowest BCUT2D eigenvalue weighted by molar-refractivity contribution is 0.0896. The van der Waals surface area contributed by atoms with Crippen molar-refractivity contribution in [3.63, 3.8) is 0 Å². The maximum absolute atomic E-state index is 9.49. The second-order valence-corrected chi connectivity index (χ2v) is 6.54. The summed E-state index contributed by atoms with van der Waals surface area (Å²) < 4.78 is 6.96. The van der Waals surface area contributed by atoms with E-state index in [4.69, 9.17) is 27.9 Å². The Morgan fingerprint density at radius 1 is 1.35 bits per heavy atom. The molecule has 1 fully saturated rings. The Balaban J connectivity index is 1.61. The summed E-state index contributed by atoms with van der Waals surface area (Å²) in [4.78, 5) is 2.25. The first-order valence-corrected chi connectivity index (χ1v) is 8.07. The third-order valence-electron chi connectivity index (χ3n) is 3.98. The number of benzene rings is 1. The van der Waals surface area contributed by atoms with E-state index in [0.29, 0.717) is 21.5 Å². The van der Waals surface area contributed by atoms with Gasteiger partial charge in [0.15, 0.2) is 0 Å². The summed E-state index contributed by atoms with van der Waals surface area (Å²) in [5.41, 5.74) is 1.56. The lowest BCUT2D eigenvalue weighted by Crippen LogP contribution is -2.47. The first-order valence-electron chi connectivity index (χ1n) is 7.32. The summed E-state index contributed by atoms with van der Waals surface area (Å²) >= 11 is 12.4. The highest BCUT2D eigenvalue weighted by molar-refractivity contribution is 6.34. The topological polar surface area (TPSA) is 63.4 Å². The molecule has 1 N–H and O–H groups in total. The Morgan fingerprint density at radius 2 is 2.09 bits per heavy atom. The summed E-state index contributed by atoms with van der Waals surface area (Å²) in [6.45, 7) is 4.10. The Morgan fingerprint density at radius 3 is 2.70 bits per heavy atom. The Bertz CT molecular complexity index is 699. The number of hydrogen-bond donors (Lipinski definition) is 1. The van der Waals surface area contributed by atoms with E-state index in [1.165, 1.54) is 0 Å². The van der Waals surface area contributed by atoms with Gasteiger partial charge in [0.25, 0.3) is 0 Å². The number of likely N-dealkylation sites (tertiary alicyclic amines) is 1. The molecule has 0 spiro atoms. The van der Waals surface area contributed by atoms with Crippen molar-refractivity contribution >= 4 is 23.2 Å². The normalized spacial score (nSPS) is 17.1. The van der Waals surface area contributed by atoms with Crippen LogP contribution in [-0.2, 0) is 6.54 Å². The molecule has 6 nitrogen and oxygen atoms in total. The van der Waals surface area contributed by atoms with E-state index in [-0.39, 0.29) is 6.04 Å². The minimum Gasteiger partial charge on any atom is -0.495 e. The minimum absolute atomic E-state index is 0.266. The minimum atomic E-state index is -0.597. The molecule has 1 saturated heterocycles. The third-order valence-corrected chi connectivity index (χ3v) is 4.63. The van der Waals surface area contributed by atoms with E-state index in [2.05, 4.69) is 15.2 Å². The lowest BCUT2D eigenvalue weighted by Gasteiger charge is -2.39. The number of aromatic nitrogens is 3. The molecule has 0 radical (unpaired) electrons. The zero-order valence-corrected chi connectivity index (χ0v) is 14.4. The average Bonchev–Trinajstić information content (AvgIpc) is 2.94. The summed E-state index contributed by atoms with van der Waals surface area (Å²) in [5, 5.41) is 18.7. The van der Waals surface area contributed by atoms with Crippen molar-refractivity contribution in [1.82, 2.24) is 19.9 Å². The number of hydrogen-bond acceptors (Lipinski definition) is 5. The quantitative estimate of drug-likeness (QED) is 0.892. The van der Waals surface area contributed by atoms with Gasteiger partial charge in [-0.2, -0.15) is 0 Å². The van der Waals surface area contributed by atoms with Gasteiger partial charge in [-0.3, -0.25) is 4.90 Å². The van der Waals surface area contributed by atoms with Gasteiger partial charge in [-0.1, -0.05) is 28.4 Å². The molecule has 0 saturated carbocycles. The number of aliphatic hydroxyl groups is 1. The largest absolute Gasteiger partial charge is 0.495 e. The molecule has 1 unspecified atom stereocenters. The van der Waals surface area contributed by atoms with Crippen LogP contribution < -0.4 is 4.74 Å². The summed E-state index contributed by atoms with van der Waals surface area (Å²) in [7, 11) is 1.57. The van der Waals surface area contributed by atoms with Gasteiger partial charge in [0.05, 0.1) is 30.5 Å².